The number of nitrogens with one attached hydrogen (secondary N) is 1. The Balaban J connectivity index is 1.62. The molecule has 2 amide bonds. The zero-order valence-electron chi connectivity index (χ0n) is 18.0. The van der Waals surface area contributed by atoms with Crippen LogP contribution in [0.1, 0.15) is 36.3 Å². The van der Waals surface area contributed by atoms with Crippen LogP contribution >= 0.6 is 23.2 Å². The lowest BCUT2D eigenvalue weighted by Crippen LogP contribution is -2.59. The van der Waals surface area contributed by atoms with Crippen LogP contribution in [0.2, 0.25) is 10.0 Å². The van der Waals surface area contributed by atoms with Gasteiger partial charge < -0.3 is 15.3 Å². The Labute approximate surface area is 204 Å². The molecule has 5 nitrogen and oxygen atoms in total. The molecule has 2 atom stereocenters. The van der Waals surface area contributed by atoms with E-state index < -0.39 is 28.7 Å². The van der Waals surface area contributed by atoms with Crippen LogP contribution in [0.3, 0.4) is 0 Å². The van der Waals surface area contributed by atoms with Gasteiger partial charge in [0.1, 0.15) is 0 Å². The van der Waals surface area contributed by atoms with Gasteiger partial charge in [0.05, 0.1) is 0 Å². The Morgan fingerprint density at radius 1 is 1.06 bits per heavy atom. The van der Waals surface area contributed by atoms with Gasteiger partial charge in [-0.2, -0.15) is 13.2 Å². The quantitative estimate of drug-likeness (QED) is 0.625. The number of carbonyl (C=O) groups excluding carboxylic acids is 2. The van der Waals surface area contributed by atoms with Crippen molar-refractivity contribution in [3.8, 4) is 0 Å². The van der Waals surface area contributed by atoms with Crippen LogP contribution in [-0.4, -0.2) is 47.6 Å². The van der Waals surface area contributed by atoms with Gasteiger partial charge in [-0.15, -0.1) is 0 Å². The number of amides is 2. The molecule has 2 aromatic rings. The van der Waals surface area contributed by atoms with Crippen LogP contribution in [0.5, 0.6) is 0 Å². The fourth-order valence-corrected chi connectivity index (χ4v) is 5.70. The van der Waals surface area contributed by atoms with Crippen molar-refractivity contribution < 1.29 is 27.9 Å². The summed E-state index contributed by atoms with van der Waals surface area (Å²) in [5, 5.41) is 13.4. The Morgan fingerprint density at radius 2 is 1.65 bits per heavy atom. The first-order valence-electron chi connectivity index (χ1n) is 10.8. The average molecular weight is 515 g/mol. The third kappa shape index (κ3) is 4.39. The van der Waals surface area contributed by atoms with Crippen LogP contribution < -0.4 is 5.32 Å². The first-order chi connectivity index (χ1) is 16.0. The molecule has 2 saturated heterocycles. The number of halogens is 5. The van der Waals surface area contributed by atoms with Crippen molar-refractivity contribution in [1.82, 2.24) is 10.2 Å². The van der Waals surface area contributed by atoms with Crippen LogP contribution in [0.15, 0.2) is 48.5 Å². The van der Waals surface area contributed by atoms with Gasteiger partial charge in [-0.3, -0.25) is 9.59 Å². The third-order valence-electron chi connectivity index (χ3n) is 7.00. The van der Waals surface area contributed by atoms with Gasteiger partial charge >= 0.3 is 6.18 Å². The second-order valence-corrected chi connectivity index (χ2v) is 9.84. The van der Waals surface area contributed by atoms with Crippen LogP contribution in [0.4, 0.5) is 13.2 Å². The highest BCUT2D eigenvalue weighted by atomic mass is 35.5. The van der Waals surface area contributed by atoms with Crippen molar-refractivity contribution in [3.05, 3.63) is 69.7 Å². The molecule has 182 valence electrons. The molecule has 0 saturated carbocycles. The van der Waals surface area contributed by atoms with Crippen molar-refractivity contribution in [1.29, 1.82) is 0 Å². The topological polar surface area (TPSA) is 69.6 Å². The van der Waals surface area contributed by atoms with Gasteiger partial charge in [0.15, 0.2) is 0 Å². The third-order valence-corrected chi connectivity index (χ3v) is 7.44. The lowest BCUT2D eigenvalue weighted by Gasteiger charge is -2.50. The number of piperidine rings is 2. The number of carbonyl (C=O) groups is 2. The molecule has 1 unspecified atom stereocenters. The molecule has 2 aliphatic heterocycles. The fraction of sp³-hybridized carbons (Fsp3) is 0.417. The van der Waals surface area contributed by atoms with Gasteiger partial charge in [-0.25, -0.2) is 0 Å². The van der Waals surface area contributed by atoms with Gasteiger partial charge in [0, 0.05) is 47.6 Å². The number of benzene rings is 2. The molecule has 2 heterocycles. The fourth-order valence-electron chi connectivity index (χ4n) is 5.17. The first kappa shape index (κ1) is 24.8. The summed E-state index contributed by atoms with van der Waals surface area (Å²) in [6.45, 7) is 0.370. The number of rotatable bonds is 3. The van der Waals surface area contributed by atoms with E-state index in [-0.39, 0.29) is 41.4 Å². The minimum absolute atomic E-state index is 0.0257. The zero-order valence-corrected chi connectivity index (χ0v) is 19.6. The Bertz CT molecular complexity index is 1070. The lowest BCUT2D eigenvalue weighted by molar-refractivity contribution is -0.262. The molecule has 2 aliphatic rings. The molecule has 0 aromatic heterocycles. The number of hydrogen-bond donors (Lipinski definition) is 2. The highest BCUT2D eigenvalue weighted by Gasteiger charge is 2.63. The molecule has 1 spiro atoms. The predicted octanol–water partition coefficient (Wildman–Crippen LogP) is 4.66. The van der Waals surface area contributed by atoms with E-state index >= 15 is 0 Å². The molecule has 34 heavy (non-hydrogen) atoms. The number of hydrogen-bond acceptors (Lipinski definition) is 3. The molecular weight excluding hydrogens is 492 g/mol. The lowest BCUT2D eigenvalue weighted by atomic mass is 9.62. The summed E-state index contributed by atoms with van der Waals surface area (Å²) < 4.78 is 42.3. The van der Waals surface area contributed by atoms with E-state index in [1.807, 2.05) is 30.3 Å². The van der Waals surface area contributed by atoms with Gasteiger partial charge in [0.25, 0.3) is 11.5 Å². The summed E-state index contributed by atoms with van der Waals surface area (Å²) in [5.74, 6) is -1.63. The largest absolute Gasteiger partial charge is 0.430 e. The Kier molecular flexibility index (Phi) is 6.61. The van der Waals surface area contributed by atoms with E-state index in [1.165, 1.54) is 6.07 Å². The zero-order chi connectivity index (χ0) is 24.7. The summed E-state index contributed by atoms with van der Waals surface area (Å²) in [6.07, 6.45) is -4.42. The molecule has 10 heteroatoms. The molecule has 0 bridgehead atoms. The van der Waals surface area contributed by atoms with Crippen molar-refractivity contribution >= 4 is 35.0 Å². The first-order valence-corrected chi connectivity index (χ1v) is 11.6. The minimum atomic E-state index is -5.30. The monoisotopic (exact) mass is 514 g/mol. The van der Waals surface area contributed by atoms with E-state index in [9.17, 15) is 27.9 Å². The van der Waals surface area contributed by atoms with E-state index in [4.69, 9.17) is 23.2 Å². The normalized spacial score (nSPS) is 22.2. The average Bonchev–Trinajstić information content (AvgIpc) is 2.78. The van der Waals surface area contributed by atoms with Gasteiger partial charge in [-0.1, -0.05) is 53.5 Å². The second-order valence-electron chi connectivity index (χ2n) is 8.96. The summed E-state index contributed by atoms with van der Waals surface area (Å²) in [6, 6.07) is 12.6. The van der Waals surface area contributed by atoms with Crippen molar-refractivity contribution in [2.45, 2.75) is 37.0 Å². The smallest absolute Gasteiger partial charge is 0.368 e. The van der Waals surface area contributed by atoms with Crippen molar-refractivity contribution in [3.63, 3.8) is 0 Å². The molecule has 2 N–H and O–H groups in total. The maximum Gasteiger partial charge on any atom is 0.430 e. The molecule has 2 aromatic carbocycles. The number of alkyl halides is 3. The van der Waals surface area contributed by atoms with E-state index in [0.717, 1.165) is 22.6 Å². The summed E-state index contributed by atoms with van der Waals surface area (Å²) >= 11 is 11.7. The molecular formula is C24H23Cl2F3N2O3. The molecule has 0 radical (unpaired) electrons. The highest BCUT2D eigenvalue weighted by Crippen LogP contribution is 2.50. The Morgan fingerprint density at radius 3 is 2.21 bits per heavy atom. The number of aliphatic hydroxyl groups is 1. The molecule has 0 aliphatic carbocycles. The van der Waals surface area contributed by atoms with Crippen molar-refractivity contribution in [2.24, 2.45) is 5.41 Å². The summed E-state index contributed by atoms with van der Waals surface area (Å²) in [5.41, 5.74) is -3.99. The van der Waals surface area contributed by atoms with Crippen LogP contribution in [-0.2, 0) is 15.2 Å². The summed E-state index contributed by atoms with van der Waals surface area (Å²) in [7, 11) is 0. The van der Waals surface area contributed by atoms with E-state index in [1.54, 1.807) is 0 Å². The van der Waals surface area contributed by atoms with E-state index in [2.05, 4.69) is 5.32 Å². The van der Waals surface area contributed by atoms with E-state index in [0.29, 0.717) is 19.4 Å². The van der Waals surface area contributed by atoms with Crippen LogP contribution in [0, 0.1) is 5.41 Å². The molecule has 2 fully saturated rings. The van der Waals surface area contributed by atoms with Gasteiger partial charge in [0.2, 0.25) is 5.91 Å². The predicted molar refractivity (Wildman–Crippen MR) is 121 cm³/mol. The maximum absolute atomic E-state index is 14.1. The minimum Gasteiger partial charge on any atom is -0.368 e. The SMILES string of the molecule is O=C1CC2(CCN(C(=O)C(O)(c3cc(Cl)cc(Cl)c3)C(F)(F)F)CC2)[C@H](c2ccccc2)CN1. The number of nitrogens with zero attached hydrogens (tertiary/aromatic N) is 1. The highest BCUT2D eigenvalue weighted by molar-refractivity contribution is 6.34. The number of likely N-dealkylation sites (tertiary alicyclic amines) is 1. The van der Waals surface area contributed by atoms with Crippen molar-refractivity contribution in [2.75, 3.05) is 19.6 Å². The summed E-state index contributed by atoms with van der Waals surface area (Å²) in [4.78, 5) is 26.4. The van der Waals surface area contributed by atoms with Gasteiger partial charge in [-0.05, 0) is 42.0 Å². The maximum atomic E-state index is 14.1. The Hall–Kier alpha value is -2.29. The van der Waals surface area contributed by atoms with Crippen LogP contribution in [0.25, 0.3) is 0 Å². The molecule has 4 rings (SSSR count). The standard InChI is InChI=1S/C24H23Cl2F3N2O3/c25-17-10-16(11-18(26)12-17)23(34,24(27,28)29)21(33)31-8-6-22(7-9-31)13-20(32)30-14-19(22)15-4-2-1-3-5-15/h1-5,10-12,19,34H,6-9,13-14H2,(H,30,32)/t19-,23?/m0/s1. The second kappa shape index (κ2) is 9.06.